The summed E-state index contributed by atoms with van der Waals surface area (Å²) in [6.45, 7) is 4.68. The molecule has 0 aliphatic carbocycles. The first-order valence-corrected chi connectivity index (χ1v) is 8.25. The topological polar surface area (TPSA) is 72.6 Å². The van der Waals surface area contributed by atoms with E-state index in [1.54, 1.807) is 16.4 Å². The van der Waals surface area contributed by atoms with Crippen LogP contribution in [-0.2, 0) is 10.0 Å². The van der Waals surface area contributed by atoms with Crippen molar-refractivity contribution in [2.75, 3.05) is 19.4 Å². The molecular formula is C14H22N2O3S. The van der Waals surface area contributed by atoms with Crippen LogP contribution in [0.15, 0.2) is 23.1 Å². The molecule has 6 heteroatoms. The summed E-state index contributed by atoms with van der Waals surface area (Å²) in [5.74, 6) is 1.06. The van der Waals surface area contributed by atoms with E-state index in [1.807, 2.05) is 6.92 Å². The normalized spacial score (nSPS) is 24.6. The van der Waals surface area contributed by atoms with E-state index in [1.165, 1.54) is 13.2 Å². The van der Waals surface area contributed by atoms with E-state index < -0.39 is 10.0 Å². The predicted octanol–water partition coefficient (Wildman–Crippen LogP) is 2.09. The Labute approximate surface area is 120 Å². The molecule has 0 bridgehead atoms. The van der Waals surface area contributed by atoms with E-state index in [9.17, 15) is 8.42 Å². The van der Waals surface area contributed by atoms with Crippen molar-refractivity contribution in [1.82, 2.24) is 4.31 Å². The minimum atomic E-state index is -3.48. The maximum Gasteiger partial charge on any atom is 0.243 e. The average molecular weight is 298 g/mol. The monoisotopic (exact) mass is 298 g/mol. The average Bonchev–Trinajstić information content (AvgIpc) is 2.38. The zero-order valence-corrected chi connectivity index (χ0v) is 13.0. The van der Waals surface area contributed by atoms with Gasteiger partial charge in [-0.15, -0.1) is 0 Å². The smallest absolute Gasteiger partial charge is 0.243 e. The molecule has 1 aliphatic rings. The van der Waals surface area contributed by atoms with Crippen LogP contribution in [0.5, 0.6) is 5.75 Å². The third-order valence-corrected chi connectivity index (χ3v) is 5.89. The Balaban J connectivity index is 2.33. The molecule has 1 fully saturated rings. The summed E-state index contributed by atoms with van der Waals surface area (Å²) in [5.41, 5.74) is 6.15. The number of anilines is 1. The lowest BCUT2D eigenvalue weighted by molar-refractivity contribution is 0.220. The molecule has 0 saturated carbocycles. The standard InChI is InChI=1S/C14H22N2O3S/c1-10-6-7-16(11(2)8-10)20(17,18)12-4-5-14(19-3)13(15)9-12/h4-5,9-11H,6-8,15H2,1-3H3. The molecule has 112 valence electrons. The van der Waals surface area contributed by atoms with E-state index in [0.717, 1.165) is 12.8 Å². The molecule has 1 aromatic rings. The van der Waals surface area contributed by atoms with Crippen molar-refractivity contribution in [3.05, 3.63) is 18.2 Å². The third-order valence-electron chi connectivity index (χ3n) is 3.89. The fourth-order valence-electron chi connectivity index (χ4n) is 2.75. The Bertz CT molecular complexity index is 586. The van der Waals surface area contributed by atoms with Crippen LogP contribution < -0.4 is 10.5 Å². The molecule has 2 N–H and O–H groups in total. The molecule has 5 nitrogen and oxygen atoms in total. The molecule has 1 aromatic carbocycles. The predicted molar refractivity (Wildman–Crippen MR) is 79.2 cm³/mol. The molecule has 0 amide bonds. The van der Waals surface area contributed by atoms with Gasteiger partial charge in [0.05, 0.1) is 17.7 Å². The third kappa shape index (κ3) is 2.76. The highest BCUT2D eigenvalue weighted by molar-refractivity contribution is 7.89. The Morgan fingerprint density at radius 3 is 2.60 bits per heavy atom. The molecule has 1 heterocycles. The van der Waals surface area contributed by atoms with Crippen molar-refractivity contribution < 1.29 is 13.2 Å². The van der Waals surface area contributed by atoms with E-state index in [4.69, 9.17) is 10.5 Å². The van der Waals surface area contributed by atoms with Gasteiger partial charge in [-0.2, -0.15) is 4.31 Å². The van der Waals surface area contributed by atoms with Gasteiger partial charge in [-0.1, -0.05) is 6.92 Å². The lowest BCUT2D eigenvalue weighted by Crippen LogP contribution is -2.44. The summed E-state index contributed by atoms with van der Waals surface area (Å²) in [6.07, 6.45) is 1.79. The van der Waals surface area contributed by atoms with Crippen LogP contribution in [0.3, 0.4) is 0 Å². The number of rotatable bonds is 3. The van der Waals surface area contributed by atoms with Crippen LogP contribution in [0.25, 0.3) is 0 Å². The highest BCUT2D eigenvalue weighted by Gasteiger charge is 2.33. The molecule has 20 heavy (non-hydrogen) atoms. The van der Waals surface area contributed by atoms with Gasteiger partial charge >= 0.3 is 0 Å². The van der Waals surface area contributed by atoms with E-state index >= 15 is 0 Å². The second-order valence-corrected chi connectivity index (χ2v) is 7.39. The van der Waals surface area contributed by atoms with Crippen LogP contribution in [0.1, 0.15) is 26.7 Å². The maximum absolute atomic E-state index is 12.7. The SMILES string of the molecule is COc1ccc(S(=O)(=O)N2CCC(C)CC2C)cc1N. The Kier molecular flexibility index (Phi) is 4.25. The molecule has 1 aliphatic heterocycles. The lowest BCUT2D eigenvalue weighted by Gasteiger charge is -2.35. The van der Waals surface area contributed by atoms with Gasteiger partial charge < -0.3 is 10.5 Å². The molecular weight excluding hydrogens is 276 g/mol. The summed E-state index contributed by atoms with van der Waals surface area (Å²) in [4.78, 5) is 0.234. The second kappa shape index (κ2) is 5.61. The van der Waals surface area contributed by atoms with Crippen LogP contribution in [0, 0.1) is 5.92 Å². The van der Waals surface area contributed by atoms with Crippen LogP contribution in [-0.4, -0.2) is 32.4 Å². The number of nitrogens with two attached hydrogens (primary N) is 1. The lowest BCUT2D eigenvalue weighted by atomic mass is 9.95. The van der Waals surface area contributed by atoms with Crippen LogP contribution in [0.4, 0.5) is 5.69 Å². The first-order valence-electron chi connectivity index (χ1n) is 6.81. The van der Waals surface area contributed by atoms with Gasteiger partial charge in [0.1, 0.15) is 5.75 Å². The number of hydrogen-bond donors (Lipinski definition) is 1. The Hall–Kier alpha value is -1.27. The number of nitrogen functional groups attached to an aromatic ring is 1. The van der Waals surface area contributed by atoms with Crippen LogP contribution in [0.2, 0.25) is 0 Å². The fourth-order valence-corrected chi connectivity index (χ4v) is 4.44. The van der Waals surface area contributed by atoms with Crippen molar-refractivity contribution in [2.24, 2.45) is 5.92 Å². The highest BCUT2D eigenvalue weighted by Crippen LogP contribution is 2.31. The van der Waals surface area contributed by atoms with Crippen molar-refractivity contribution in [3.63, 3.8) is 0 Å². The maximum atomic E-state index is 12.7. The number of methoxy groups -OCH3 is 1. The molecule has 0 aromatic heterocycles. The molecule has 1 saturated heterocycles. The van der Waals surface area contributed by atoms with E-state index in [0.29, 0.717) is 23.9 Å². The molecule has 2 unspecified atom stereocenters. The number of ether oxygens (including phenoxy) is 1. The van der Waals surface area contributed by atoms with E-state index in [-0.39, 0.29) is 10.9 Å². The number of nitrogens with zero attached hydrogens (tertiary/aromatic N) is 1. The quantitative estimate of drug-likeness (QED) is 0.867. The van der Waals surface area contributed by atoms with E-state index in [2.05, 4.69) is 6.92 Å². The van der Waals surface area contributed by atoms with Crippen molar-refractivity contribution in [2.45, 2.75) is 37.6 Å². The Morgan fingerprint density at radius 2 is 2.05 bits per heavy atom. The minimum absolute atomic E-state index is 0.0204. The molecule has 0 spiro atoms. The summed E-state index contributed by atoms with van der Waals surface area (Å²) in [6, 6.07) is 4.64. The summed E-state index contributed by atoms with van der Waals surface area (Å²) >= 11 is 0. The van der Waals surface area contributed by atoms with Gasteiger partial charge in [-0.3, -0.25) is 0 Å². The zero-order chi connectivity index (χ0) is 14.9. The first-order chi connectivity index (χ1) is 9.36. The van der Waals surface area contributed by atoms with Gasteiger partial charge in [0.25, 0.3) is 0 Å². The summed E-state index contributed by atoms with van der Waals surface area (Å²) < 4.78 is 32.0. The summed E-state index contributed by atoms with van der Waals surface area (Å²) in [5, 5.41) is 0. The van der Waals surface area contributed by atoms with Gasteiger partial charge in [-0.25, -0.2) is 8.42 Å². The first kappa shape index (κ1) is 15.1. The van der Waals surface area contributed by atoms with Gasteiger partial charge in [-0.05, 0) is 43.9 Å². The summed E-state index contributed by atoms with van der Waals surface area (Å²) in [7, 11) is -1.98. The number of piperidine rings is 1. The molecule has 2 atom stereocenters. The second-order valence-electron chi connectivity index (χ2n) is 5.50. The van der Waals surface area contributed by atoms with Crippen molar-refractivity contribution in [1.29, 1.82) is 0 Å². The molecule has 2 rings (SSSR count). The molecule has 0 radical (unpaired) electrons. The number of benzene rings is 1. The number of hydrogen-bond acceptors (Lipinski definition) is 4. The van der Waals surface area contributed by atoms with Crippen molar-refractivity contribution >= 4 is 15.7 Å². The fraction of sp³-hybridized carbons (Fsp3) is 0.571. The highest BCUT2D eigenvalue weighted by atomic mass is 32.2. The van der Waals surface area contributed by atoms with Gasteiger partial charge in [0.15, 0.2) is 0 Å². The van der Waals surface area contributed by atoms with Crippen LogP contribution >= 0.6 is 0 Å². The largest absolute Gasteiger partial charge is 0.495 e. The van der Waals surface area contributed by atoms with Gasteiger partial charge in [0.2, 0.25) is 10.0 Å². The van der Waals surface area contributed by atoms with Crippen molar-refractivity contribution in [3.8, 4) is 5.75 Å². The Morgan fingerprint density at radius 1 is 1.35 bits per heavy atom. The number of sulfonamides is 1. The zero-order valence-electron chi connectivity index (χ0n) is 12.2. The minimum Gasteiger partial charge on any atom is -0.495 e. The van der Waals surface area contributed by atoms with Gasteiger partial charge in [0, 0.05) is 12.6 Å².